The number of anilines is 1. The molecule has 28 heavy (non-hydrogen) atoms. The lowest BCUT2D eigenvalue weighted by Gasteiger charge is -2.14. The highest BCUT2D eigenvalue weighted by atomic mass is 79.9. The Morgan fingerprint density at radius 3 is 2.93 bits per heavy atom. The van der Waals surface area contributed by atoms with Crippen LogP contribution in [0.4, 0.5) is 5.82 Å². The Labute approximate surface area is 169 Å². The number of aromatic nitrogens is 4. The van der Waals surface area contributed by atoms with Gasteiger partial charge in [0.15, 0.2) is 5.65 Å². The molecule has 1 aromatic carbocycles. The molecule has 0 bridgehead atoms. The summed E-state index contributed by atoms with van der Waals surface area (Å²) < 4.78 is 2.38. The van der Waals surface area contributed by atoms with Crippen molar-refractivity contribution in [3.8, 4) is 11.1 Å². The van der Waals surface area contributed by atoms with Crippen LogP contribution in [0.5, 0.6) is 0 Å². The molecule has 0 radical (unpaired) electrons. The number of rotatable bonds is 3. The van der Waals surface area contributed by atoms with Gasteiger partial charge in [-0.25, -0.2) is 4.98 Å². The summed E-state index contributed by atoms with van der Waals surface area (Å²) in [6.07, 6.45) is 5.36. The van der Waals surface area contributed by atoms with Crippen molar-refractivity contribution in [3.05, 3.63) is 52.9 Å². The van der Waals surface area contributed by atoms with Crippen molar-refractivity contribution in [2.24, 2.45) is 0 Å². The Morgan fingerprint density at radius 1 is 1.25 bits per heavy atom. The van der Waals surface area contributed by atoms with Crippen LogP contribution in [0.2, 0.25) is 0 Å². The second-order valence-corrected chi connectivity index (χ2v) is 7.79. The van der Waals surface area contributed by atoms with E-state index < -0.39 is 0 Å². The summed E-state index contributed by atoms with van der Waals surface area (Å²) in [4.78, 5) is 22.3. The molecule has 1 fully saturated rings. The van der Waals surface area contributed by atoms with Crippen LogP contribution in [-0.2, 0) is 4.79 Å². The molecule has 0 spiro atoms. The van der Waals surface area contributed by atoms with Crippen LogP contribution in [0.1, 0.15) is 18.0 Å². The molecule has 1 saturated heterocycles. The van der Waals surface area contributed by atoms with Gasteiger partial charge in [-0.1, -0.05) is 18.2 Å². The van der Waals surface area contributed by atoms with Crippen LogP contribution in [0.25, 0.3) is 27.7 Å². The van der Waals surface area contributed by atoms with Crippen molar-refractivity contribution in [3.63, 3.8) is 0 Å². The van der Waals surface area contributed by atoms with E-state index in [9.17, 15) is 4.79 Å². The molecular formula is C20H17BrN6O. The lowest BCUT2D eigenvalue weighted by Crippen LogP contribution is -2.18. The molecule has 1 aliphatic heterocycles. The Balaban J connectivity index is 1.67. The zero-order valence-electron chi connectivity index (χ0n) is 14.9. The molecule has 4 heterocycles. The highest BCUT2D eigenvalue weighted by Crippen LogP contribution is 2.36. The molecule has 140 valence electrons. The van der Waals surface area contributed by atoms with Crippen LogP contribution < -0.4 is 5.73 Å². The van der Waals surface area contributed by atoms with E-state index in [1.165, 1.54) is 0 Å². The third-order valence-corrected chi connectivity index (χ3v) is 6.12. The fraction of sp³-hybridized carbons (Fsp3) is 0.200. The molecule has 3 aromatic heterocycles. The van der Waals surface area contributed by atoms with Crippen LogP contribution in [0.3, 0.4) is 0 Å². The lowest BCUT2D eigenvalue weighted by molar-refractivity contribution is -0.117. The molecule has 1 amide bonds. The van der Waals surface area contributed by atoms with Gasteiger partial charge < -0.3 is 10.6 Å². The summed E-state index contributed by atoms with van der Waals surface area (Å²) in [6, 6.07) is 10.1. The molecule has 7 nitrogen and oxygen atoms in total. The van der Waals surface area contributed by atoms with Crippen molar-refractivity contribution >= 4 is 44.7 Å². The maximum absolute atomic E-state index is 11.1. The number of halogens is 1. The number of pyridine rings is 1. The Bertz CT molecular complexity index is 1220. The lowest BCUT2D eigenvalue weighted by atomic mass is 10.0. The van der Waals surface area contributed by atoms with Gasteiger partial charge in [0.25, 0.3) is 0 Å². The fourth-order valence-corrected chi connectivity index (χ4v) is 4.39. The smallest absolute Gasteiger partial charge is 0.209 e. The van der Waals surface area contributed by atoms with Gasteiger partial charge in [-0.15, -0.1) is 0 Å². The van der Waals surface area contributed by atoms with Gasteiger partial charge in [0.05, 0.1) is 21.9 Å². The van der Waals surface area contributed by atoms with Gasteiger partial charge in [-0.2, -0.15) is 9.61 Å². The summed E-state index contributed by atoms with van der Waals surface area (Å²) in [5, 5.41) is 5.50. The first kappa shape index (κ1) is 17.1. The second kappa shape index (κ2) is 6.56. The predicted molar refractivity (Wildman–Crippen MR) is 111 cm³/mol. The fourth-order valence-electron chi connectivity index (χ4n) is 3.81. The molecule has 4 aromatic rings. The minimum absolute atomic E-state index is 0.143. The Kier molecular flexibility index (Phi) is 4.01. The van der Waals surface area contributed by atoms with E-state index in [1.54, 1.807) is 15.6 Å². The molecular weight excluding hydrogens is 420 g/mol. The molecule has 0 saturated carbocycles. The van der Waals surface area contributed by atoms with Crippen molar-refractivity contribution in [1.29, 1.82) is 0 Å². The number of carbonyl (C=O) groups excluding carboxylic acids is 1. The average molecular weight is 437 g/mol. The van der Waals surface area contributed by atoms with E-state index in [1.807, 2.05) is 30.5 Å². The first-order chi connectivity index (χ1) is 13.7. The van der Waals surface area contributed by atoms with Crippen molar-refractivity contribution in [2.45, 2.75) is 12.3 Å². The maximum Gasteiger partial charge on any atom is 0.209 e. The number of para-hydroxylation sites is 1. The highest BCUT2D eigenvalue weighted by molar-refractivity contribution is 9.10. The van der Waals surface area contributed by atoms with Gasteiger partial charge in [0.1, 0.15) is 5.82 Å². The zero-order valence-corrected chi connectivity index (χ0v) is 16.5. The van der Waals surface area contributed by atoms with Crippen molar-refractivity contribution < 1.29 is 4.79 Å². The molecule has 1 aliphatic rings. The standard InChI is InChI=1S/C20H17BrN6O/c21-17-18(13-5-6-26(10-13)11-28)25-20-15(9-24-27(20)19(17)22)14-7-12-3-1-2-4-16(12)23-8-14/h1-4,7-9,11,13H,5-6,10,22H2. The molecule has 8 heteroatoms. The number of carbonyl (C=O) groups is 1. The van der Waals surface area contributed by atoms with Gasteiger partial charge in [0.2, 0.25) is 6.41 Å². The van der Waals surface area contributed by atoms with E-state index in [0.717, 1.165) is 51.6 Å². The summed E-state index contributed by atoms with van der Waals surface area (Å²) in [7, 11) is 0. The number of nitrogen functional groups attached to an aromatic ring is 1. The molecule has 2 N–H and O–H groups in total. The average Bonchev–Trinajstić information content (AvgIpc) is 3.37. The summed E-state index contributed by atoms with van der Waals surface area (Å²) >= 11 is 3.58. The maximum atomic E-state index is 11.1. The van der Waals surface area contributed by atoms with Gasteiger partial charge in [0, 0.05) is 41.7 Å². The first-order valence-electron chi connectivity index (χ1n) is 9.03. The first-order valence-corrected chi connectivity index (χ1v) is 9.82. The molecule has 1 unspecified atom stereocenters. The number of hydrogen-bond donors (Lipinski definition) is 1. The Morgan fingerprint density at radius 2 is 2.11 bits per heavy atom. The predicted octanol–water partition coefficient (Wildman–Crippen LogP) is 3.23. The molecule has 0 aliphatic carbocycles. The van der Waals surface area contributed by atoms with E-state index >= 15 is 0 Å². The number of amides is 1. The van der Waals surface area contributed by atoms with Crippen LogP contribution in [-0.4, -0.2) is 44.0 Å². The van der Waals surface area contributed by atoms with E-state index in [-0.39, 0.29) is 5.92 Å². The van der Waals surface area contributed by atoms with Gasteiger partial charge in [-0.05, 0) is 34.5 Å². The largest absolute Gasteiger partial charge is 0.383 e. The number of fused-ring (bicyclic) bond motifs is 2. The van der Waals surface area contributed by atoms with Crippen LogP contribution >= 0.6 is 15.9 Å². The van der Waals surface area contributed by atoms with Crippen molar-refractivity contribution in [1.82, 2.24) is 24.5 Å². The zero-order chi connectivity index (χ0) is 19.3. The Hall–Kier alpha value is -3.00. The minimum atomic E-state index is 0.143. The second-order valence-electron chi connectivity index (χ2n) is 6.99. The number of nitrogens with two attached hydrogens (primary N) is 1. The van der Waals surface area contributed by atoms with Crippen LogP contribution in [0.15, 0.2) is 47.2 Å². The quantitative estimate of drug-likeness (QED) is 0.497. The number of likely N-dealkylation sites (tertiary alicyclic amines) is 1. The highest BCUT2D eigenvalue weighted by Gasteiger charge is 2.28. The monoisotopic (exact) mass is 436 g/mol. The third-order valence-electron chi connectivity index (χ3n) is 5.31. The van der Waals surface area contributed by atoms with Gasteiger partial charge in [-0.3, -0.25) is 9.78 Å². The topological polar surface area (TPSA) is 89.4 Å². The SMILES string of the molecule is Nc1c(Br)c(C2CCN(C=O)C2)nc2c(-c3cnc4ccccc4c3)cnn12. The minimum Gasteiger partial charge on any atom is -0.383 e. The third kappa shape index (κ3) is 2.63. The van der Waals surface area contributed by atoms with Crippen LogP contribution in [0, 0.1) is 0 Å². The molecule has 1 atom stereocenters. The van der Waals surface area contributed by atoms with E-state index in [4.69, 9.17) is 10.7 Å². The van der Waals surface area contributed by atoms with Crippen molar-refractivity contribution in [2.75, 3.05) is 18.8 Å². The summed E-state index contributed by atoms with van der Waals surface area (Å²) in [5.41, 5.74) is 10.7. The number of hydrogen-bond acceptors (Lipinski definition) is 5. The van der Waals surface area contributed by atoms with E-state index in [0.29, 0.717) is 18.0 Å². The number of nitrogens with zero attached hydrogens (tertiary/aromatic N) is 5. The summed E-state index contributed by atoms with van der Waals surface area (Å²) in [6.45, 7) is 1.37. The normalized spacial score (nSPS) is 16.9. The molecule has 5 rings (SSSR count). The number of benzene rings is 1. The van der Waals surface area contributed by atoms with E-state index in [2.05, 4.69) is 32.1 Å². The van der Waals surface area contributed by atoms with Gasteiger partial charge >= 0.3 is 0 Å². The summed E-state index contributed by atoms with van der Waals surface area (Å²) in [5.74, 6) is 0.647.